The van der Waals surface area contributed by atoms with Crippen LogP contribution >= 0.6 is 11.6 Å². The summed E-state index contributed by atoms with van der Waals surface area (Å²) in [7, 11) is 3.18. The molecular formula is C21H31ClN4O5. The first kappa shape index (κ1) is 24.9. The van der Waals surface area contributed by atoms with Gasteiger partial charge in [-0.2, -0.15) is 0 Å². The van der Waals surface area contributed by atoms with E-state index in [-0.39, 0.29) is 12.5 Å². The Morgan fingerprint density at radius 1 is 1.29 bits per heavy atom. The molecule has 1 aliphatic rings. The number of nitrogens with one attached hydrogen (secondary N) is 3. The number of carboxylic acid groups (broad SMARTS) is 1. The highest BCUT2D eigenvalue weighted by Gasteiger charge is 2.41. The van der Waals surface area contributed by atoms with Crippen LogP contribution in [0.5, 0.6) is 0 Å². The lowest BCUT2D eigenvalue weighted by Gasteiger charge is -2.46. The molecule has 0 bridgehead atoms. The molecule has 1 heterocycles. The van der Waals surface area contributed by atoms with Gasteiger partial charge < -0.3 is 30.7 Å². The number of hydrogen-bond acceptors (Lipinski definition) is 5. The van der Waals surface area contributed by atoms with Gasteiger partial charge in [0.05, 0.1) is 12.1 Å². The van der Waals surface area contributed by atoms with E-state index >= 15 is 0 Å². The van der Waals surface area contributed by atoms with Gasteiger partial charge in [0.2, 0.25) is 11.8 Å². The van der Waals surface area contributed by atoms with Gasteiger partial charge in [-0.25, -0.2) is 4.79 Å². The Kier molecular flexibility index (Phi) is 9.09. The van der Waals surface area contributed by atoms with E-state index in [2.05, 4.69) is 16.0 Å². The second kappa shape index (κ2) is 11.3. The smallest absolute Gasteiger partial charge is 0.405 e. The van der Waals surface area contributed by atoms with E-state index in [4.69, 9.17) is 21.4 Å². The summed E-state index contributed by atoms with van der Waals surface area (Å²) in [5.74, 6) is -0.893. The molecule has 2 rings (SSSR count). The third-order valence-electron chi connectivity index (χ3n) is 5.62. The van der Waals surface area contributed by atoms with E-state index in [0.29, 0.717) is 18.0 Å². The highest BCUT2D eigenvalue weighted by molar-refractivity contribution is 6.30. The first-order valence-corrected chi connectivity index (χ1v) is 10.6. The van der Waals surface area contributed by atoms with E-state index in [0.717, 1.165) is 24.9 Å². The molecule has 10 heteroatoms. The average Bonchev–Trinajstić information content (AvgIpc) is 2.74. The van der Waals surface area contributed by atoms with Crippen LogP contribution in [-0.2, 0) is 20.7 Å². The number of halogens is 1. The summed E-state index contributed by atoms with van der Waals surface area (Å²) >= 11 is 6.01. The van der Waals surface area contributed by atoms with Crippen LogP contribution < -0.4 is 16.0 Å². The van der Waals surface area contributed by atoms with Crippen molar-refractivity contribution < 1.29 is 24.2 Å². The van der Waals surface area contributed by atoms with Gasteiger partial charge in [0, 0.05) is 25.7 Å². The largest absolute Gasteiger partial charge is 0.465 e. The minimum absolute atomic E-state index is 0.0286. The molecule has 1 fully saturated rings. The molecule has 172 valence electrons. The lowest BCUT2D eigenvalue weighted by molar-refractivity contribution is -0.142. The molecule has 3 amide bonds. The van der Waals surface area contributed by atoms with Crippen molar-refractivity contribution >= 4 is 29.5 Å². The molecule has 31 heavy (non-hydrogen) atoms. The summed E-state index contributed by atoms with van der Waals surface area (Å²) in [6.45, 7) is 2.87. The maximum absolute atomic E-state index is 13.4. The summed E-state index contributed by atoms with van der Waals surface area (Å²) in [5, 5.41) is 17.5. The molecule has 1 saturated heterocycles. The topological polar surface area (TPSA) is 120 Å². The molecule has 1 aromatic rings. The number of methoxy groups -OCH3 is 1. The zero-order valence-corrected chi connectivity index (χ0v) is 18.9. The second-order valence-electron chi connectivity index (χ2n) is 7.89. The van der Waals surface area contributed by atoms with E-state index in [1.54, 1.807) is 11.9 Å². The van der Waals surface area contributed by atoms with Gasteiger partial charge in [-0.05, 0) is 50.4 Å². The van der Waals surface area contributed by atoms with E-state index < -0.39 is 29.6 Å². The summed E-state index contributed by atoms with van der Waals surface area (Å²) in [6, 6.07) is 5.61. The third kappa shape index (κ3) is 6.81. The van der Waals surface area contributed by atoms with Crippen LogP contribution in [0.25, 0.3) is 0 Å². The number of nitrogens with zero attached hydrogens (tertiary/aromatic N) is 1. The van der Waals surface area contributed by atoms with Crippen LogP contribution in [-0.4, -0.2) is 79.4 Å². The van der Waals surface area contributed by atoms with Gasteiger partial charge in [-0.15, -0.1) is 0 Å². The number of carbonyl (C=O) groups is 3. The fraction of sp³-hybridized carbons (Fsp3) is 0.571. The van der Waals surface area contributed by atoms with E-state index in [9.17, 15) is 14.4 Å². The van der Waals surface area contributed by atoms with Crippen LogP contribution in [0, 0.1) is 0 Å². The Morgan fingerprint density at radius 2 is 1.97 bits per heavy atom. The maximum atomic E-state index is 13.4. The van der Waals surface area contributed by atoms with Crippen LogP contribution in [0.15, 0.2) is 24.3 Å². The quantitative estimate of drug-likeness (QED) is 0.445. The van der Waals surface area contributed by atoms with Gasteiger partial charge in [0.1, 0.15) is 12.1 Å². The maximum Gasteiger partial charge on any atom is 0.405 e. The first-order valence-electron chi connectivity index (χ1n) is 10.2. The van der Waals surface area contributed by atoms with Crippen molar-refractivity contribution in [1.82, 2.24) is 20.9 Å². The Bertz CT molecular complexity index is 768. The van der Waals surface area contributed by atoms with Gasteiger partial charge >= 0.3 is 6.09 Å². The van der Waals surface area contributed by atoms with Crippen LogP contribution in [0.3, 0.4) is 0 Å². The molecular weight excluding hydrogens is 424 g/mol. The molecule has 4 N–H and O–H groups in total. The number of rotatable bonds is 9. The number of benzene rings is 1. The fourth-order valence-corrected chi connectivity index (χ4v) is 3.97. The molecule has 1 aliphatic heterocycles. The van der Waals surface area contributed by atoms with Crippen LogP contribution in [0.1, 0.15) is 25.3 Å². The van der Waals surface area contributed by atoms with Crippen molar-refractivity contribution in [3.63, 3.8) is 0 Å². The Labute approximate surface area is 187 Å². The summed E-state index contributed by atoms with van der Waals surface area (Å²) in [5.41, 5.74) is 0.574. The zero-order chi connectivity index (χ0) is 23.0. The Morgan fingerprint density at radius 3 is 2.52 bits per heavy atom. The van der Waals surface area contributed by atoms with E-state index in [1.165, 1.54) is 14.0 Å². The molecule has 0 radical (unpaired) electrons. The van der Waals surface area contributed by atoms with E-state index in [1.807, 2.05) is 24.3 Å². The van der Waals surface area contributed by atoms with Crippen molar-refractivity contribution in [2.24, 2.45) is 0 Å². The van der Waals surface area contributed by atoms with Crippen molar-refractivity contribution in [3.05, 3.63) is 34.9 Å². The molecule has 0 aliphatic carbocycles. The number of likely N-dealkylation sites (N-methyl/N-ethyl adjacent to an activating group) is 1. The molecule has 1 aromatic carbocycles. The molecule has 0 saturated carbocycles. The van der Waals surface area contributed by atoms with Gasteiger partial charge in [0.15, 0.2) is 0 Å². The Balaban J connectivity index is 2.20. The number of carbonyl (C=O) groups excluding carboxylic acids is 2. The minimum Gasteiger partial charge on any atom is -0.465 e. The SMILES string of the molecule is COC[C@H](NC(=O)[C@H](C)NC(=O)O)C(=O)N(C)[C@@]1(Cc2ccc(Cl)cc2)CCCNC1. The van der Waals surface area contributed by atoms with Crippen molar-refractivity contribution in [1.29, 1.82) is 0 Å². The molecule has 0 aromatic heterocycles. The van der Waals surface area contributed by atoms with Crippen molar-refractivity contribution in [3.8, 4) is 0 Å². The monoisotopic (exact) mass is 454 g/mol. The number of ether oxygens (including phenoxy) is 1. The fourth-order valence-electron chi connectivity index (χ4n) is 3.85. The normalized spacial score (nSPS) is 20.4. The number of hydrogen-bond donors (Lipinski definition) is 4. The molecule has 3 atom stereocenters. The lowest BCUT2D eigenvalue weighted by Crippen LogP contribution is -2.64. The predicted octanol–water partition coefficient (Wildman–Crippen LogP) is 1.25. The molecule has 0 spiro atoms. The lowest BCUT2D eigenvalue weighted by atomic mass is 9.82. The predicted molar refractivity (Wildman–Crippen MR) is 117 cm³/mol. The Hall–Kier alpha value is -2.36. The molecule has 0 unspecified atom stereocenters. The van der Waals surface area contributed by atoms with Gasteiger partial charge in [-0.3, -0.25) is 9.59 Å². The highest BCUT2D eigenvalue weighted by Crippen LogP contribution is 2.29. The zero-order valence-electron chi connectivity index (χ0n) is 18.1. The third-order valence-corrected chi connectivity index (χ3v) is 5.87. The summed E-state index contributed by atoms with van der Waals surface area (Å²) < 4.78 is 5.16. The summed E-state index contributed by atoms with van der Waals surface area (Å²) in [6.07, 6.45) is 1.02. The van der Waals surface area contributed by atoms with Crippen LogP contribution in [0.2, 0.25) is 5.02 Å². The average molecular weight is 455 g/mol. The summed E-state index contributed by atoms with van der Waals surface area (Å²) in [4.78, 5) is 38.3. The van der Waals surface area contributed by atoms with Gasteiger partial charge in [0.25, 0.3) is 0 Å². The van der Waals surface area contributed by atoms with Crippen molar-refractivity contribution in [2.75, 3.05) is 33.9 Å². The van der Waals surface area contributed by atoms with Crippen molar-refractivity contribution in [2.45, 2.75) is 43.8 Å². The highest BCUT2D eigenvalue weighted by atomic mass is 35.5. The number of amides is 3. The second-order valence-corrected chi connectivity index (χ2v) is 8.33. The standard InChI is InChI=1S/C21H31ClN4O5/c1-14(24-20(29)30)18(27)25-17(12-31-3)19(28)26(2)21(9-4-10-23-13-21)11-15-5-7-16(22)8-6-15/h5-8,14,17,23-24H,4,9-13H2,1-3H3,(H,25,27)(H,29,30)/t14-,17-,21+/m0/s1. The first-order chi connectivity index (χ1) is 14.7. The van der Waals surface area contributed by atoms with Gasteiger partial charge in [-0.1, -0.05) is 23.7 Å². The number of piperidine rings is 1. The minimum atomic E-state index is -1.32. The van der Waals surface area contributed by atoms with Crippen LogP contribution in [0.4, 0.5) is 4.79 Å². The molecule has 9 nitrogen and oxygen atoms in total.